The third-order valence-corrected chi connectivity index (χ3v) is 3.87. The molecule has 0 aliphatic rings. The van der Waals surface area contributed by atoms with E-state index in [9.17, 15) is 9.59 Å². The van der Waals surface area contributed by atoms with Crippen LogP contribution in [0.4, 0.5) is 5.69 Å². The third-order valence-electron chi connectivity index (χ3n) is 3.67. The summed E-state index contributed by atoms with van der Waals surface area (Å²) in [5.74, 6) is 0.0639. The molecule has 0 atom stereocenters. The van der Waals surface area contributed by atoms with Crippen LogP contribution in [-0.4, -0.2) is 30.2 Å². The second-order valence-corrected chi connectivity index (χ2v) is 6.40. The van der Waals surface area contributed by atoms with E-state index in [1.807, 2.05) is 38.1 Å². The number of rotatable bonds is 8. The normalized spacial score (nSPS) is 10.4. The summed E-state index contributed by atoms with van der Waals surface area (Å²) in [6, 6.07) is 14.1. The first kappa shape index (κ1) is 22.1. The molecule has 0 radical (unpaired) electrons. The molecule has 2 N–H and O–H groups in total. The van der Waals surface area contributed by atoms with Crippen molar-refractivity contribution in [2.45, 2.75) is 20.3 Å². The molecule has 0 fully saturated rings. The molecule has 2 rings (SSSR count). The molecule has 0 saturated carbocycles. The van der Waals surface area contributed by atoms with Gasteiger partial charge in [-0.05, 0) is 73.6 Å². The Morgan fingerprint density at radius 3 is 2.34 bits per heavy atom. The van der Waals surface area contributed by atoms with Gasteiger partial charge in [-0.15, -0.1) is 0 Å². The lowest BCUT2D eigenvalue weighted by Crippen LogP contribution is -2.32. The highest BCUT2D eigenvalue weighted by Gasteiger charge is 2.07. The van der Waals surface area contributed by atoms with Crippen molar-refractivity contribution in [2.24, 2.45) is 0 Å². The Morgan fingerprint density at radius 2 is 1.72 bits per heavy atom. The first-order valence-corrected chi connectivity index (χ1v) is 9.72. The van der Waals surface area contributed by atoms with Gasteiger partial charge in [0, 0.05) is 11.8 Å². The van der Waals surface area contributed by atoms with Crippen LogP contribution in [0.25, 0.3) is 6.08 Å². The van der Waals surface area contributed by atoms with Crippen molar-refractivity contribution in [2.75, 3.05) is 18.5 Å². The van der Waals surface area contributed by atoms with Crippen molar-refractivity contribution >= 4 is 41.0 Å². The minimum absolute atomic E-state index is 0.160. The van der Waals surface area contributed by atoms with Crippen molar-refractivity contribution in [3.63, 3.8) is 0 Å². The number of nitrogens with one attached hydrogen (secondary N) is 2. The lowest BCUT2D eigenvalue weighted by atomic mass is 10.2. The van der Waals surface area contributed by atoms with Gasteiger partial charge in [0.1, 0.15) is 5.75 Å². The number of ether oxygens (including phenoxy) is 2. The topological polar surface area (TPSA) is 76.7 Å². The molecule has 0 heterocycles. The van der Waals surface area contributed by atoms with Crippen LogP contribution in [0.15, 0.2) is 54.6 Å². The maximum atomic E-state index is 12.0. The fraction of sp³-hybridized carbons (Fsp3) is 0.227. The van der Waals surface area contributed by atoms with Gasteiger partial charge < -0.3 is 14.8 Å². The van der Waals surface area contributed by atoms with E-state index < -0.39 is 0 Å². The van der Waals surface area contributed by atoms with Crippen molar-refractivity contribution in [3.05, 3.63) is 65.7 Å². The van der Waals surface area contributed by atoms with Gasteiger partial charge in [-0.1, -0.05) is 19.1 Å². The van der Waals surface area contributed by atoms with Gasteiger partial charge in [-0.2, -0.15) is 0 Å². The van der Waals surface area contributed by atoms with E-state index in [0.717, 1.165) is 17.7 Å². The number of hydrogen-bond acceptors (Lipinski definition) is 5. The molecule has 0 unspecified atom stereocenters. The van der Waals surface area contributed by atoms with E-state index in [2.05, 4.69) is 10.6 Å². The standard InChI is InChI=1S/C22H24N2O4S/c1-3-15-28-21(26)17-8-10-18(11-9-17)23-22(29)24-20(25)14-7-16-5-12-19(13-6-16)27-4-2/h5-14H,3-4,15H2,1-2H3,(H2,23,24,25,29)/b14-7+. The summed E-state index contributed by atoms with van der Waals surface area (Å²) in [4.78, 5) is 23.8. The number of benzene rings is 2. The average Bonchev–Trinajstić information content (AvgIpc) is 2.72. The molecule has 1 amide bonds. The molecular weight excluding hydrogens is 388 g/mol. The predicted octanol–water partition coefficient (Wildman–Crippen LogP) is 4.18. The van der Waals surface area contributed by atoms with Crippen LogP contribution in [0.2, 0.25) is 0 Å². The van der Waals surface area contributed by atoms with Crippen molar-refractivity contribution < 1.29 is 19.1 Å². The Balaban J connectivity index is 1.83. The van der Waals surface area contributed by atoms with Crippen LogP contribution in [0.5, 0.6) is 5.75 Å². The molecular formula is C22H24N2O4S. The fourth-order valence-corrected chi connectivity index (χ4v) is 2.52. The van der Waals surface area contributed by atoms with Crippen LogP contribution in [-0.2, 0) is 9.53 Å². The minimum atomic E-state index is -0.367. The van der Waals surface area contributed by atoms with Gasteiger partial charge in [0.25, 0.3) is 0 Å². The Hall–Kier alpha value is -3.19. The highest BCUT2D eigenvalue weighted by Crippen LogP contribution is 2.13. The lowest BCUT2D eigenvalue weighted by Gasteiger charge is -2.09. The summed E-state index contributed by atoms with van der Waals surface area (Å²) in [6.07, 6.45) is 3.85. The highest BCUT2D eigenvalue weighted by atomic mass is 32.1. The van der Waals surface area contributed by atoms with Crippen LogP contribution < -0.4 is 15.4 Å². The van der Waals surface area contributed by atoms with Crippen molar-refractivity contribution in [3.8, 4) is 5.75 Å². The van der Waals surface area contributed by atoms with E-state index >= 15 is 0 Å². The molecule has 29 heavy (non-hydrogen) atoms. The highest BCUT2D eigenvalue weighted by molar-refractivity contribution is 7.80. The van der Waals surface area contributed by atoms with Gasteiger partial charge in [-0.3, -0.25) is 10.1 Å². The summed E-state index contributed by atoms with van der Waals surface area (Å²) in [5.41, 5.74) is 1.98. The molecule has 2 aromatic rings. The quantitative estimate of drug-likeness (QED) is 0.385. The number of hydrogen-bond donors (Lipinski definition) is 2. The third kappa shape index (κ3) is 7.75. The van der Waals surface area contributed by atoms with Crippen LogP contribution >= 0.6 is 12.2 Å². The number of carbonyl (C=O) groups is 2. The van der Waals surface area contributed by atoms with E-state index in [-0.39, 0.29) is 17.0 Å². The SMILES string of the molecule is CCCOC(=O)c1ccc(NC(=S)NC(=O)/C=C/c2ccc(OCC)cc2)cc1. The van der Waals surface area contributed by atoms with Crippen molar-refractivity contribution in [1.82, 2.24) is 5.32 Å². The first-order valence-electron chi connectivity index (χ1n) is 9.32. The van der Waals surface area contributed by atoms with Crippen LogP contribution in [0.3, 0.4) is 0 Å². The number of thiocarbonyl (C=S) groups is 1. The zero-order chi connectivity index (χ0) is 21.1. The van der Waals surface area contributed by atoms with Gasteiger partial charge in [0.05, 0.1) is 18.8 Å². The maximum absolute atomic E-state index is 12.0. The summed E-state index contributed by atoms with van der Waals surface area (Å²) >= 11 is 5.15. The van der Waals surface area contributed by atoms with E-state index in [1.165, 1.54) is 6.08 Å². The smallest absolute Gasteiger partial charge is 0.338 e. The van der Waals surface area contributed by atoms with Crippen LogP contribution in [0.1, 0.15) is 36.2 Å². The zero-order valence-corrected chi connectivity index (χ0v) is 17.3. The summed E-state index contributed by atoms with van der Waals surface area (Å²) in [6.45, 7) is 4.85. The fourth-order valence-electron chi connectivity index (χ4n) is 2.30. The molecule has 6 nitrogen and oxygen atoms in total. The Morgan fingerprint density at radius 1 is 1.03 bits per heavy atom. The summed E-state index contributed by atoms with van der Waals surface area (Å²) in [7, 11) is 0. The van der Waals surface area contributed by atoms with E-state index in [1.54, 1.807) is 30.3 Å². The number of esters is 1. The molecule has 0 saturated heterocycles. The zero-order valence-electron chi connectivity index (χ0n) is 16.4. The molecule has 0 aliphatic carbocycles. The Kier molecular flexibility index (Phi) is 8.85. The molecule has 0 bridgehead atoms. The monoisotopic (exact) mass is 412 g/mol. The van der Waals surface area contributed by atoms with Gasteiger partial charge in [0.15, 0.2) is 5.11 Å². The average molecular weight is 413 g/mol. The molecule has 2 aromatic carbocycles. The molecule has 7 heteroatoms. The second kappa shape index (κ2) is 11.6. The number of carbonyl (C=O) groups excluding carboxylic acids is 2. The lowest BCUT2D eigenvalue weighted by molar-refractivity contribution is -0.115. The molecule has 0 aromatic heterocycles. The van der Waals surface area contributed by atoms with Gasteiger partial charge in [-0.25, -0.2) is 4.79 Å². The van der Waals surface area contributed by atoms with Gasteiger partial charge >= 0.3 is 5.97 Å². The maximum Gasteiger partial charge on any atom is 0.338 e. The molecule has 152 valence electrons. The first-order chi connectivity index (χ1) is 14.0. The molecule has 0 aliphatic heterocycles. The Bertz CT molecular complexity index is 861. The largest absolute Gasteiger partial charge is 0.494 e. The Labute approximate surface area is 175 Å². The van der Waals surface area contributed by atoms with Gasteiger partial charge in [0.2, 0.25) is 5.91 Å². The van der Waals surface area contributed by atoms with Crippen molar-refractivity contribution in [1.29, 1.82) is 0 Å². The predicted molar refractivity (Wildman–Crippen MR) is 118 cm³/mol. The van der Waals surface area contributed by atoms with E-state index in [4.69, 9.17) is 21.7 Å². The molecule has 0 spiro atoms. The number of anilines is 1. The summed E-state index contributed by atoms with van der Waals surface area (Å²) in [5, 5.41) is 5.63. The minimum Gasteiger partial charge on any atom is -0.494 e. The van der Waals surface area contributed by atoms with E-state index in [0.29, 0.717) is 24.5 Å². The second-order valence-electron chi connectivity index (χ2n) is 5.99. The summed E-state index contributed by atoms with van der Waals surface area (Å²) < 4.78 is 10.5. The number of amides is 1. The van der Waals surface area contributed by atoms with Crippen LogP contribution in [0, 0.1) is 0 Å².